The van der Waals surface area contributed by atoms with E-state index in [0.29, 0.717) is 37.1 Å². The fraction of sp³-hybridized carbons (Fsp3) is 0.455. The maximum absolute atomic E-state index is 13.3. The summed E-state index contributed by atoms with van der Waals surface area (Å²) >= 11 is 6.16. The van der Waals surface area contributed by atoms with Gasteiger partial charge >= 0.3 is 0 Å². The van der Waals surface area contributed by atoms with Crippen molar-refractivity contribution in [2.75, 3.05) is 24.1 Å². The van der Waals surface area contributed by atoms with Gasteiger partial charge in [-0.2, -0.15) is 4.72 Å². The third-order valence-corrected chi connectivity index (χ3v) is 7.56. The van der Waals surface area contributed by atoms with Crippen molar-refractivity contribution in [2.24, 2.45) is 5.92 Å². The van der Waals surface area contributed by atoms with Gasteiger partial charge in [-0.3, -0.25) is 9.59 Å². The van der Waals surface area contributed by atoms with Crippen LogP contribution in [0.3, 0.4) is 0 Å². The summed E-state index contributed by atoms with van der Waals surface area (Å²) in [5, 5.41) is 2.62. The van der Waals surface area contributed by atoms with Crippen molar-refractivity contribution in [1.82, 2.24) is 14.2 Å². The Morgan fingerprint density at radius 3 is 2.52 bits per heavy atom. The third-order valence-electron chi connectivity index (χ3n) is 5.78. The van der Waals surface area contributed by atoms with Gasteiger partial charge in [0.05, 0.1) is 15.6 Å². The van der Waals surface area contributed by atoms with Gasteiger partial charge < -0.3 is 20.5 Å². The highest BCUT2D eigenvalue weighted by Gasteiger charge is 2.31. The zero-order valence-electron chi connectivity index (χ0n) is 18.8. The van der Waals surface area contributed by atoms with Gasteiger partial charge in [0.15, 0.2) is 0 Å². The molecular formula is C22H30ClN5O4S. The molecule has 1 fully saturated rings. The molecule has 0 radical (unpaired) electrons. The number of halogens is 1. The Balaban J connectivity index is 1.81. The van der Waals surface area contributed by atoms with Gasteiger partial charge in [-0.1, -0.05) is 18.5 Å². The third kappa shape index (κ3) is 6.49. The molecule has 9 nitrogen and oxygen atoms in total. The van der Waals surface area contributed by atoms with Crippen LogP contribution in [0.25, 0.3) is 0 Å². The van der Waals surface area contributed by atoms with Crippen LogP contribution in [-0.2, 0) is 26.2 Å². The van der Waals surface area contributed by atoms with Gasteiger partial charge in [0.1, 0.15) is 11.9 Å². The topological polar surface area (TPSA) is 127 Å². The molecule has 1 aromatic heterocycles. The van der Waals surface area contributed by atoms with Crippen LogP contribution in [0, 0.1) is 5.92 Å². The summed E-state index contributed by atoms with van der Waals surface area (Å²) in [4.78, 5) is 26.2. The molecule has 4 N–H and O–H groups in total. The molecule has 3 rings (SSSR count). The minimum atomic E-state index is -4.06. The lowest BCUT2D eigenvalue weighted by Crippen LogP contribution is -2.50. The average Bonchev–Trinajstić information content (AvgIpc) is 3.17. The number of sulfonamides is 1. The summed E-state index contributed by atoms with van der Waals surface area (Å²) in [7, 11) is -4.06. The number of nitrogens with two attached hydrogens (primary N) is 1. The quantitative estimate of drug-likeness (QED) is 0.519. The number of piperidine rings is 1. The first-order valence-corrected chi connectivity index (χ1v) is 12.7. The standard InChI is InChI=1S/C22H30ClN5O4S/c1-15-7-11-28(12-8-15)22(30)20(9-13-27-10-3-4-21(27)24)26-33(31,32)17-5-6-19(18(23)14-17)25-16(2)29/h3-6,10,14-15,20,26H,7-9,11-13,24H2,1-2H3,(H,25,29). The van der Waals surface area contributed by atoms with Gasteiger partial charge in [0.25, 0.3) is 0 Å². The van der Waals surface area contributed by atoms with E-state index < -0.39 is 16.1 Å². The fourth-order valence-corrected chi connectivity index (χ4v) is 5.33. The van der Waals surface area contributed by atoms with Crippen molar-refractivity contribution in [1.29, 1.82) is 0 Å². The van der Waals surface area contributed by atoms with E-state index in [9.17, 15) is 18.0 Å². The van der Waals surface area contributed by atoms with E-state index in [1.165, 1.54) is 25.1 Å². The maximum Gasteiger partial charge on any atom is 0.241 e. The molecule has 1 unspecified atom stereocenters. The maximum atomic E-state index is 13.3. The largest absolute Gasteiger partial charge is 0.385 e. The van der Waals surface area contributed by atoms with Crippen LogP contribution >= 0.6 is 11.6 Å². The predicted molar refractivity (Wildman–Crippen MR) is 128 cm³/mol. The molecule has 1 saturated heterocycles. The zero-order chi connectivity index (χ0) is 24.2. The first-order valence-electron chi connectivity index (χ1n) is 10.9. The van der Waals surface area contributed by atoms with Gasteiger partial charge in [-0.25, -0.2) is 8.42 Å². The summed E-state index contributed by atoms with van der Waals surface area (Å²) in [5.41, 5.74) is 6.24. The zero-order valence-corrected chi connectivity index (χ0v) is 20.3. The lowest BCUT2D eigenvalue weighted by molar-refractivity contribution is -0.134. The highest BCUT2D eigenvalue weighted by Crippen LogP contribution is 2.26. The molecule has 33 heavy (non-hydrogen) atoms. The molecule has 2 amide bonds. The molecule has 2 aromatic rings. The number of hydrogen-bond acceptors (Lipinski definition) is 5. The Hall–Kier alpha value is -2.56. The highest BCUT2D eigenvalue weighted by atomic mass is 35.5. The summed E-state index contributed by atoms with van der Waals surface area (Å²) in [6.07, 6.45) is 3.79. The number of aromatic nitrogens is 1. The average molecular weight is 496 g/mol. The van der Waals surface area contributed by atoms with E-state index in [2.05, 4.69) is 17.0 Å². The molecule has 2 heterocycles. The lowest BCUT2D eigenvalue weighted by atomic mass is 9.98. The van der Waals surface area contributed by atoms with Gasteiger partial charge in [-0.05, 0) is 55.5 Å². The first kappa shape index (κ1) is 25.1. The molecule has 0 aliphatic carbocycles. The van der Waals surface area contributed by atoms with Crippen LogP contribution in [0.2, 0.25) is 5.02 Å². The van der Waals surface area contributed by atoms with Crippen LogP contribution in [0.15, 0.2) is 41.4 Å². The predicted octanol–water partition coefficient (Wildman–Crippen LogP) is 2.68. The van der Waals surface area contributed by atoms with Crippen LogP contribution in [0.1, 0.15) is 33.1 Å². The van der Waals surface area contributed by atoms with Crippen molar-refractivity contribution in [3.8, 4) is 0 Å². The van der Waals surface area contributed by atoms with E-state index in [-0.39, 0.29) is 28.2 Å². The second-order valence-corrected chi connectivity index (χ2v) is 10.5. The number of aryl methyl sites for hydroxylation is 1. The molecule has 1 aliphatic rings. The molecule has 1 aromatic carbocycles. The molecule has 0 spiro atoms. The monoisotopic (exact) mass is 495 g/mol. The molecular weight excluding hydrogens is 466 g/mol. The number of carbonyl (C=O) groups is 2. The molecule has 1 atom stereocenters. The Bertz CT molecular complexity index is 1110. The Kier molecular flexibility index (Phi) is 8.04. The number of anilines is 2. The molecule has 0 bridgehead atoms. The van der Waals surface area contributed by atoms with E-state index >= 15 is 0 Å². The van der Waals surface area contributed by atoms with Gasteiger partial charge in [0.2, 0.25) is 21.8 Å². The second-order valence-electron chi connectivity index (χ2n) is 8.42. The number of nitrogen functional groups attached to an aromatic ring is 1. The highest BCUT2D eigenvalue weighted by molar-refractivity contribution is 7.89. The van der Waals surface area contributed by atoms with E-state index in [1.54, 1.807) is 27.8 Å². The molecule has 11 heteroatoms. The minimum absolute atomic E-state index is 0.0843. The van der Waals surface area contributed by atoms with Crippen molar-refractivity contribution in [3.05, 3.63) is 41.6 Å². The lowest BCUT2D eigenvalue weighted by Gasteiger charge is -2.33. The van der Waals surface area contributed by atoms with Gasteiger partial charge in [0, 0.05) is 32.8 Å². The molecule has 0 saturated carbocycles. The number of hydrogen-bond donors (Lipinski definition) is 3. The van der Waals surface area contributed by atoms with E-state index in [1.807, 2.05) is 0 Å². The normalized spacial score (nSPS) is 15.9. The second kappa shape index (κ2) is 10.6. The summed E-state index contributed by atoms with van der Waals surface area (Å²) in [5.74, 6) is 0.498. The number of benzene rings is 1. The smallest absolute Gasteiger partial charge is 0.241 e. The van der Waals surface area contributed by atoms with Crippen LogP contribution in [-0.4, -0.2) is 48.8 Å². The number of rotatable bonds is 8. The fourth-order valence-electron chi connectivity index (χ4n) is 3.79. The Morgan fingerprint density at radius 2 is 1.94 bits per heavy atom. The number of carbonyl (C=O) groups excluding carboxylic acids is 2. The van der Waals surface area contributed by atoms with Crippen molar-refractivity contribution in [2.45, 2.75) is 50.6 Å². The Morgan fingerprint density at radius 1 is 1.24 bits per heavy atom. The van der Waals surface area contributed by atoms with Crippen LogP contribution in [0.5, 0.6) is 0 Å². The number of nitrogens with zero attached hydrogens (tertiary/aromatic N) is 2. The van der Waals surface area contributed by atoms with Crippen molar-refractivity contribution < 1.29 is 18.0 Å². The minimum Gasteiger partial charge on any atom is -0.385 e. The first-order chi connectivity index (χ1) is 15.6. The number of nitrogens with one attached hydrogen (secondary N) is 2. The van der Waals surface area contributed by atoms with E-state index in [4.69, 9.17) is 17.3 Å². The van der Waals surface area contributed by atoms with Gasteiger partial charge in [-0.15, -0.1) is 0 Å². The van der Waals surface area contributed by atoms with E-state index in [0.717, 1.165) is 12.8 Å². The van der Waals surface area contributed by atoms with Crippen LogP contribution in [0.4, 0.5) is 11.5 Å². The summed E-state index contributed by atoms with van der Waals surface area (Å²) < 4.78 is 30.6. The summed E-state index contributed by atoms with van der Waals surface area (Å²) in [6.45, 7) is 5.05. The van der Waals surface area contributed by atoms with Crippen molar-refractivity contribution in [3.63, 3.8) is 0 Å². The van der Waals surface area contributed by atoms with Crippen LogP contribution < -0.4 is 15.8 Å². The number of likely N-dealkylation sites (tertiary alicyclic amines) is 1. The SMILES string of the molecule is CC(=O)Nc1ccc(S(=O)(=O)NC(CCn2cccc2N)C(=O)N2CCC(C)CC2)cc1Cl. The molecule has 1 aliphatic heterocycles. The van der Waals surface area contributed by atoms with Crippen molar-refractivity contribution >= 4 is 44.9 Å². The molecule has 180 valence electrons. The number of amides is 2. The summed E-state index contributed by atoms with van der Waals surface area (Å²) in [6, 6.07) is 6.59. The Labute approximate surface area is 199 Å².